The minimum Gasteiger partial charge on any atom is -0.344 e. The van der Waals surface area contributed by atoms with Crippen LogP contribution >= 0.6 is 0 Å². The SMILES string of the molecule is Cc1ccc(-c2cnn(C)n2)cn1.N. The van der Waals surface area contributed by atoms with Gasteiger partial charge in [-0.1, -0.05) is 0 Å². The second-order valence-corrected chi connectivity index (χ2v) is 2.91. The maximum Gasteiger partial charge on any atom is 0.114 e. The molecule has 0 aliphatic rings. The number of rotatable bonds is 1. The summed E-state index contributed by atoms with van der Waals surface area (Å²) < 4.78 is 0. The van der Waals surface area contributed by atoms with Crippen LogP contribution in [0.25, 0.3) is 11.3 Å². The van der Waals surface area contributed by atoms with E-state index in [9.17, 15) is 0 Å². The Kier molecular flexibility index (Phi) is 2.93. The third-order valence-electron chi connectivity index (χ3n) is 1.81. The molecule has 0 atom stereocenters. The van der Waals surface area contributed by atoms with Crippen LogP contribution in [0, 0.1) is 6.92 Å². The number of aryl methyl sites for hydroxylation is 2. The molecule has 0 aromatic carbocycles. The van der Waals surface area contributed by atoms with Crippen LogP contribution < -0.4 is 6.15 Å². The number of nitrogens with zero attached hydrogens (tertiary/aromatic N) is 4. The van der Waals surface area contributed by atoms with E-state index in [1.54, 1.807) is 19.4 Å². The van der Waals surface area contributed by atoms with Gasteiger partial charge in [0.1, 0.15) is 5.69 Å². The predicted octanol–water partition coefficient (Wildman–Crippen LogP) is 1.35. The van der Waals surface area contributed by atoms with Gasteiger partial charge >= 0.3 is 0 Å². The van der Waals surface area contributed by atoms with E-state index < -0.39 is 0 Å². The third kappa shape index (κ3) is 1.94. The number of hydrogen-bond acceptors (Lipinski definition) is 4. The van der Waals surface area contributed by atoms with Crippen LogP contribution in [-0.2, 0) is 7.05 Å². The van der Waals surface area contributed by atoms with Gasteiger partial charge in [-0.05, 0) is 19.1 Å². The standard InChI is InChI=1S/C9H10N4.H3N/c1-7-3-4-8(5-10-7)9-6-11-13(2)12-9;/h3-6H,1-2H3;1H3. The van der Waals surface area contributed by atoms with Crippen molar-refractivity contribution in [2.45, 2.75) is 6.92 Å². The molecule has 2 aromatic heterocycles. The van der Waals surface area contributed by atoms with Crippen molar-refractivity contribution in [2.75, 3.05) is 0 Å². The van der Waals surface area contributed by atoms with Crippen molar-refractivity contribution in [3.63, 3.8) is 0 Å². The number of hydrogen-bond donors (Lipinski definition) is 1. The van der Waals surface area contributed by atoms with Crippen LogP contribution in [0.15, 0.2) is 24.5 Å². The fourth-order valence-corrected chi connectivity index (χ4v) is 1.10. The number of aromatic nitrogens is 4. The highest BCUT2D eigenvalue weighted by atomic mass is 15.4. The molecule has 0 aliphatic heterocycles. The van der Waals surface area contributed by atoms with Gasteiger partial charge in [0.2, 0.25) is 0 Å². The van der Waals surface area contributed by atoms with Crippen molar-refractivity contribution in [1.82, 2.24) is 26.1 Å². The van der Waals surface area contributed by atoms with Crippen LogP contribution in [0.3, 0.4) is 0 Å². The van der Waals surface area contributed by atoms with Gasteiger partial charge in [-0.2, -0.15) is 15.0 Å². The molecule has 0 fully saturated rings. The normalized spacial score (nSPS) is 9.57. The Balaban J connectivity index is 0.000000980. The van der Waals surface area contributed by atoms with E-state index in [0.29, 0.717) is 0 Å². The fourth-order valence-electron chi connectivity index (χ4n) is 1.10. The summed E-state index contributed by atoms with van der Waals surface area (Å²) in [4.78, 5) is 5.72. The lowest BCUT2D eigenvalue weighted by atomic mass is 10.2. The maximum atomic E-state index is 4.19. The van der Waals surface area contributed by atoms with E-state index in [-0.39, 0.29) is 6.15 Å². The summed E-state index contributed by atoms with van der Waals surface area (Å²) in [5, 5.41) is 8.17. The lowest BCUT2D eigenvalue weighted by Gasteiger charge is -1.94. The second kappa shape index (κ2) is 3.97. The van der Waals surface area contributed by atoms with Gasteiger partial charge in [-0.15, -0.1) is 0 Å². The molecule has 5 nitrogen and oxygen atoms in total. The summed E-state index contributed by atoms with van der Waals surface area (Å²) in [6, 6.07) is 3.95. The maximum absolute atomic E-state index is 4.19. The summed E-state index contributed by atoms with van der Waals surface area (Å²) in [5.74, 6) is 0. The van der Waals surface area contributed by atoms with Crippen molar-refractivity contribution >= 4 is 0 Å². The Morgan fingerprint density at radius 2 is 2.00 bits per heavy atom. The van der Waals surface area contributed by atoms with E-state index in [4.69, 9.17) is 0 Å². The lowest BCUT2D eigenvalue weighted by molar-refractivity contribution is 0.655. The second-order valence-electron chi connectivity index (χ2n) is 2.91. The minimum atomic E-state index is 0. The molecule has 2 heterocycles. The molecule has 0 amide bonds. The van der Waals surface area contributed by atoms with Crippen molar-refractivity contribution < 1.29 is 0 Å². The molecule has 2 rings (SSSR count). The summed E-state index contributed by atoms with van der Waals surface area (Å²) in [7, 11) is 1.80. The van der Waals surface area contributed by atoms with Gasteiger partial charge < -0.3 is 6.15 Å². The smallest absolute Gasteiger partial charge is 0.114 e. The van der Waals surface area contributed by atoms with Gasteiger partial charge in [0.05, 0.1) is 6.20 Å². The zero-order chi connectivity index (χ0) is 9.26. The molecule has 5 heteroatoms. The first kappa shape index (κ1) is 10.3. The third-order valence-corrected chi connectivity index (χ3v) is 1.81. The topological polar surface area (TPSA) is 78.6 Å². The number of pyridine rings is 1. The Labute approximate surface area is 82.4 Å². The average Bonchev–Trinajstić information content (AvgIpc) is 2.53. The lowest BCUT2D eigenvalue weighted by Crippen LogP contribution is -1.91. The van der Waals surface area contributed by atoms with Crippen LogP contribution in [0.5, 0.6) is 0 Å². The molecular weight excluding hydrogens is 178 g/mol. The van der Waals surface area contributed by atoms with E-state index >= 15 is 0 Å². The van der Waals surface area contributed by atoms with Crippen LogP contribution in [0.4, 0.5) is 0 Å². The monoisotopic (exact) mass is 191 g/mol. The molecule has 0 aliphatic carbocycles. The minimum absolute atomic E-state index is 0. The quantitative estimate of drug-likeness (QED) is 0.737. The van der Waals surface area contributed by atoms with Crippen molar-refractivity contribution in [2.24, 2.45) is 7.05 Å². The molecular formula is C9H13N5. The Bertz CT molecular complexity index is 403. The average molecular weight is 191 g/mol. The highest BCUT2D eigenvalue weighted by Crippen LogP contribution is 2.13. The summed E-state index contributed by atoms with van der Waals surface area (Å²) in [6.07, 6.45) is 3.53. The molecule has 3 N–H and O–H groups in total. The summed E-state index contributed by atoms with van der Waals surface area (Å²) >= 11 is 0. The van der Waals surface area contributed by atoms with Gasteiger partial charge in [0.25, 0.3) is 0 Å². The van der Waals surface area contributed by atoms with Crippen molar-refractivity contribution in [3.8, 4) is 11.3 Å². The highest BCUT2D eigenvalue weighted by molar-refractivity contribution is 5.55. The van der Waals surface area contributed by atoms with E-state index in [1.807, 2.05) is 19.1 Å². The summed E-state index contributed by atoms with van der Waals surface area (Å²) in [5.41, 5.74) is 2.86. The molecule has 0 saturated heterocycles. The Hall–Kier alpha value is -1.75. The first-order valence-corrected chi connectivity index (χ1v) is 4.05. The van der Waals surface area contributed by atoms with E-state index in [0.717, 1.165) is 17.0 Å². The van der Waals surface area contributed by atoms with Crippen LogP contribution in [0.1, 0.15) is 5.69 Å². The van der Waals surface area contributed by atoms with Gasteiger partial charge in [0, 0.05) is 24.5 Å². The largest absolute Gasteiger partial charge is 0.344 e. The predicted molar refractivity (Wildman–Crippen MR) is 54.0 cm³/mol. The van der Waals surface area contributed by atoms with E-state index in [1.165, 1.54) is 4.80 Å². The zero-order valence-corrected chi connectivity index (χ0v) is 8.31. The Morgan fingerprint density at radius 3 is 2.50 bits per heavy atom. The van der Waals surface area contributed by atoms with Gasteiger partial charge in [0.15, 0.2) is 0 Å². The molecule has 0 saturated carbocycles. The van der Waals surface area contributed by atoms with Gasteiger partial charge in [-0.25, -0.2) is 0 Å². The van der Waals surface area contributed by atoms with Crippen molar-refractivity contribution in [1.29, 1.82) is 0 Å². The fraction of sp³-hybridized carbons (Fsp3) is 0.222. The molecule has 14 heavy (non-hydrogen) atoms. The van der Waals surface area contributed by atoms with Gasteiger partial charge in [-0.3, -0.25) is 4.98 Å². The molecule has 2 aromatic rings. The molecule has 0 bridgehead atoms. The van der Waals surface area contributed by atoms with Crippen molar-refractivity contribution in [3.05, 3.63) is 30.2 Å². The molecule has 0 radical (unpaired) electrons. The zero-order valence-electron chi connectivity index (χ0n) is 8.31. The van der Waals surface area contributed by atoms with Crippen LogP contribution in [-0.4, -0.2) is 20.0 Å². The molecule has 0 spiro atoms. The summed E-state index contributed by atoms with van der Waals surface area (Å²) in [6.45, 7) is 1.96. The van der Waals surface area contributed by atoms with Crippen LogP contribution in [0.2, 0.25) is 0 Å². The molecule has 74 valence electrons. The molecule has 0 unspecified atom stereocenters. The first-order chi connectivity index (χ1) is 6.25. The highest BCUT2D eigenvalue weighted by Gasteiger charge is 2.00. The first-order valence-electron chi connectivity index (χ1n) is 4.05. The van der Waals surface area contributed by atoms with E-state index in [2.05, 4.69) is 15.2 Å². The Morgan fingerprint density at radius 1 is 1.21 bits per heavy atom.